The summed E-state index contributed by atoms with van der Waals surface area (Å²) in [6, 6.07) is 3.75. The van der Waals surface area contributed by atoms with Crippen LogP contribution in [0, 0.1) is 0 Å². The standard InChI is InChI=1S/C14H18N2O5S/c15-12(17)9-4-5-10(11(8-9)22(16,20)21)14(13(18)19)6-2-1-3-7-14/h4-5,8H,1-3,6-7H2,(H2,15,17)(H,18,19)(H2,16,20,21). The fraction of sp³-hybridized carbons (Fsp3) is 0.429. The molecule has 0 unspecified atom stereocenters. The number of hydrogen-bond donors (Lipinski definition) is 3. The van der Waals surface area contributed by atoms with Gasteiger partial charge in [-0.3, -0.25) is 9.59 Å². The minimum Gasteiger partial charge on any atom is -0.481 e. The largest absolute Gasteiger partial charge is 0.481 e. The van der Waals surface area contributed by atoms with Crippen LogP contribution in [0.1, 0.15) is 48.0 Å². The average Bonchev–Trinajstić information content (AvgIpc) is 2.46. The zero-order valence-electron chi connectivity index (χ0n) is 11.9. The Bertz CT molecular complexity index is 721. The molecule has 8 heteroatoms. The first-order valence-electron chi connectivity index (χ1n) is 6.89. The molecule has 1 aromatic rings. The van der Waals surface area contributed by atoms with Gasteiger partial charge >= 0.3 is 5.97 Å². The first kappa shape index (κ1) is 16.4. The Hall–Kier alpha value is -1.93. The summed E-state index contributed by atoms with van der Waals surface area (Å²) in [5.41, 5.74) is 3.97. The smallest absolute Gasteiger partial charge is 0.314 e. The molecular weight excluding hydrogens is 308 g/mol. The number of carbonyl (C=O) groups is 2. The van der Waals surface area contributed by atoms with E-state index in [2.05, 4.69) is 0 Å². The van der Waals surface area contributed by atoms with Gasteiger partial charge in [0.05, 0.1) is 10.3 Å². The third kappa shape index (κ3) is 2.84. The summed E-state index contributed by atoms with van der Waals surface area (Å²) < 4.78 is 23.7. The quantitative estimate of drug-likeness (QED) is 0.747. The monoisotopic (exact) mass is 326 g/mol. The van der Waals surface area contributed by atoms with Crippen LogP contribution in [0.3, 0.4) is 0 Å². The molecule has 0 radical (unpaired) electrons. The molecule has 1 saturated carbocycles. The van der Waals surface area contributed by atoms with E-state index in [-0.39, 0.29) is 16.0 Å². The topological polar surface area (TPSA) is 141 Å². The van der Waals surface area contributed by atoms with Crippen molar-refractivity contribution in [2.75, 3.05) is 0 Å². The Morgan fingerprint density at radius 2 is 1.73 bits per heavy atom. The van der Waals surface area contributed by atoms with Crippen molar-refractivity contribution in [2.45, 2.75) is 42.4 Å². The molecular formula is C14H18N2O5S. The Morgan fingerprint density at radius 3 is 2.18 bits per heavy atom. The molecule has 1 aliphatic rings. The van der Waals surface area contributed by atoms with Crippen molar-refractivity contribution in [2.24, 2.45) is 10.9 Å². The third-order valence-electron chi connectivity index (χ3n) is 4.20. The number of primary amides is 1. The van der Waals surface area contributed by atoms with Crippen LogP contribution < -0.4 is 10.9 Å². The number of primary sulfonamides is 1. The molecule has 0 heterocycles. The van der Waals surface area contributed by atoms with Crippen molar-refractivity contribution in [1.29, 1.82) is 0 Å². The Kier molecular flexibility index (Phi) is 4.25. The molecule has 120 valence electrons. The number of benzene rings is 1. The number of amides is 1. The zero-order chi connectivity index (χ0) is 16.5. The lowest BCUT2D eigenvalue weighted by Crippen LogP contribution is -2.39. The second-order valence-electron chi connectivity index (χ2n) is 5.57. The lowest BCUT2D eigenvalue weighted by atomic mass is 9.69. The molecule has 5 N–H and O–H groups in total. The molecule has 1 amide bonds. The van der Waals surface area contributed by atoms with E-state index < -0.39 is 27.3 Å². The molecule has 0 spiro atoms. The predicted octanol–water partition coefficient (Wildman–Crippen LogP) is 0.719. The van der Waals surface area contributed by atoms with E-state index in [9.17, 15) is 23.1 Å². The van der Waals surface area contributed by atoms with Crippen LogP contribution in [0.2, 0.25) is 0 Å². The molecule has 0 atom stereocenters. The number of carbonyl (C=O) groups excluding carboxylic acids is 1. The highest BCUT2D eigenvalue weighted by Crippen LogP contribution is 2.42. The maximum atomic E-state index is 11.9. The van der Waals surface area contributed by atoms with Crippen molar-refractivity contribution in [3.8, 4) is 0 Å². The van der Waals surface area contributed by atoms with Gasteiger partial charge in [-0.1, -0.05) is 25.3 Å². The van der Waals surface area contributed by atoms with Crippen LogP contribution in [-0.2, 0) is 20.2 Å². The molecule has 0 aromatic heterocycles. The van der Waals surface area contributed by atoms with Crippen molar-refractivity contribution in [3.05, 3.63) is 29.3 Å². The molecule has 1 aromatic carbocycles. The lowest BCUT2D eigenvalue weighted by Gasteiger charge is -2.34. The van der Waals surface area contributed by atoms with Crippen molar-refractivity contribution in [3.63, 3.8) is 0 Å². The minimum absolute atomic E-state index is 0.0240. The first-order valence-corrected chi connectivity index (χ1v) is 8.44. The van der Waals surface area contributed by atoms with Gasteiger partial charge in [0.1, 0.15) is 0 Å². The van der Waals surface area contributed by atoms with Crippen LogP contribution in [0.15, 0.2) is 23.1 Å². The molecule has 22 heavy (non-hydrogen) atoms. The van der Waals surface area contributed by atoms with Crippen LogP contribution in [0.5, 0.6) is 0 Å². The number of carboxylic acid groups (broad SMARTS) is 1. The third-order valence-corrected chi connectivity index (χ3v) is 5.16. The minimum atomic E-state index is -4.18. The first-order chi connectivity index (χ1) is 10.2. The molecule has 1 fully saturated rings. The Labute approximate surface area is 128 Å². The van der Waals surface area contributed by atoms with Crippen LogP contribution in [0.25, 0.3) is 0 Å². The fourth-order valence-corrected chi connectivity index (χ4v) is 3.92. The average molecular weight is 326 g/mol. The molecule has 2 rings (SSSR count). The van der Waals surface area contributed by atoms with Gasteiger partial charge in [-0.25, -0.2) is 13.6 Å². The summed E-state index contributed by atoms with van der Waals surface area (Å²) in [4.78, 5) is 22.8. The lowest BCUT2D eigenvalue weighted by molar-refractivity contribution is -0.145. The summed E-state index contributed by atoms with van der Waals surface area (Å²) in [5, 5.41) is 14.9. The summed E-state index contributed by atoms with van der Waals surface area (Å²) >= 11 is 0. The van der Waals surface area contributed by atoms with Gasteiger partial charge in [0, 0.05) is 5.56 Å². The molecule has 7 nitrogen and oxygen atoms in total. The van der Waals surface area contributed by atoms with E-state index in [4.69, 9.17) is 10.9 Å². The second kappa shape index (κ2) is 5.69. The highest BCUT2D eigenvalue weighted by atomic mass is 32.2. The van der Waals surface area contributed by atoms with E-state index in [1.807, 2.05) is 0 Å². The second-order valence-corrected chi connectivity index (χ2v) is 7.10. The number of hydrogen-bond acceptors (Lipinski definition) is 4. The Morgan fingerprint density at radius 1 is 1.14 bits per heavy atom. The summed E-state index contributed by atoms with van der Waals surface area (Å²) in [7, 11) is -4.18. The van der Waals surface area contributed by atoms with Crippen molar-refractivity contribution in [1.82, 2.24) is 0 Å². The van der Waals surface area contributed by atoms with Gasteiger partial charge in [-0.05, 0) is 30.5 Å². The van der Waals surface area contributed by atoms with Crippen LogP contribution >= 0.6 is 0 Å². The number of sulfonamides is 1. The van der Waals surface area contributed by atoms with Gasteiger partial charge < -0.3 is 10.8 Å². The molecule has 1 aliphatic carbocycles. The fourth-order valence-electron chi connectivity index (χ4n) is 3.06. The van der Waals surface area contributed by atoms with Crippen LogP contribution in [-0.4, -0.2) is 25.4 Å². The van der Waals surface area contributed by atoms with Gasteiger partial charge in [0.15, 0.2) is 0 Å². The van der Waals surface area contributed by atoms with Crippen molar-refractivity contribution < 1.29 is 23.1 Å². The maximum absolute atomic E-state index is 11.9. The Balaban J connectivity index is 2.72. The molecule has 0 bridgehead atoms. The molecule has 0 saturated heterocycles. The summed E-state index contributed by atoms with van der Waals surface area (Å²) in [5.74, 6) is -1.88. The normalized spacial score (nSPS) is 17.9. The molecule has 0 aliphatic heterocycles. The van der Waals surface area contributed by atoms with Crippen molar-refractivity contribution >= 4 is 21.9 Å². The maximum Gasteiger partial charge on any atom is 0.314 e. The van der Waals surface area contributed by atoms with Gasteiger partial charge in [0.25, 0.3) is 0 Å². The highest BCUT2D eigenvalue weighted by Gasteiger charge is 2.44. The number of rotatable bonds is 4. The van der Waals surface area contributed by atoms with E-state index in [0.29, 0.717) is 25.7 Å². The van der Waals surface area contributed by atoms with Gasteiger partial charge in [-0.15, -0.1) is 0 Å². The van der Waals surface area contributed by atoms with Gasteiger partial charge in [-0.2, -0.15) is 0 Å². The summed E-state index contributed by atoms with van der Waals surface area (Å²) in [6.45, 7) is 0. The van der Waals surface area contributed by atoms with E-state index in [1.165, 1.54) is 12.1 Å². The van der Waals surface area contributed by atoms with E-state index in [1.54, 1.807) is 0 Å². The van der Waals surface area contributed by atoms with Crippen LogP contribution in [0.4, 0.5) is 0 Å². The number of carboxylic acids is 1. The van der Waals surface area contributed by atoms with Gasteiger partial charge in [0.2, 0.25) is 15.9 Å². The van der Waals surface area contributed by atoms with E-state index in [0.717, 1.165) is 12.5 Å². The van der Waals surface area contributed by atoms with E-state index >= 15 is 0 Å². The number of aliphatic carboxylic acids is 1. The number of nitrogens with two attached hydrogens (primary N) is 2. The highest BCUT2D eigenvalue weighted by molar-refractivity contribution is 7.89. The summed E-state index contributed by atoms with van der Waals surface area (Å²) in [6.07, 6.45) is 2.95. The SMILES string of the molecule is NC(=O)c1ccc(C2(C(=O)O)CCCCC2)c(S(N)(=O)=O)c1. The predicted molar refractivity (Wildman–Crippen MR) is 78.7 cm³/mol. The zero-order valence-corrected chi connectivity index (χ0v) is 12.7.